The molecule has 0 spiro atoms. The molecule has 1 N–H and O–H groups in total. The smallest absolute Gasteiger partial charge is 0.354 e. The summed E-state index contributed by atoms with van der Waals surface area (Å²) in [5.74, 6) is -1.01. The summed E-state index contributed by atoms with van der Waals surface area (Å²) < 4.78 is 0. The third-order valence-corrected chi connectivity index (χ3v) is 2.01. The van der Waals surface area contributed by atoms with E-state index in [0.717, 1.165) is 5.39 Å². The number of carboxylic acids is 1. The van der Waals surface area contributed by atoms with Crippen LogP contribution in [0, 0.1) is 6.92 Å². The monoisotopic (exact) mass is 188 g/mol. The molecule has 2 aromatic rings. The van der Waals surface area contributed by atoms with E-state index in [2.05, 4.69) is 9.97 Å². The van der Waals surface area contributed by atoms with Crippen LogP contribution in [0.1, 0.15) is 16.1 Å². The molecule has 2 aromatic heterocycles. The number of aryl methyl sites for hydroxylation is 1. The Morgan fingerprint density at radius 2 is 2.29 bits per heavy atom. The standard InChI is InChI=1S/C10H8N2O2/c1-6-4-7-2-3-11-5-8(7)12-9(6)10(13)14/h2-5H,1H3,(H,13,14). The fraction of sp³-hybridized carbons (Fsp3) is 0.100. The molecule has 2 rings (SSSR count). The van der Waals surface area contributed by atoms with Crippen molar-refractivity contribution in [1.82, 2.24) is 9.97 Å². The van der Waals surface area contributed by atoms with E-state index >= 15 is 0 Å². The van der Waals surface area contributed by atoms with Gasteiger partial charge in [-0.3, -0.25) is 4.98 Å². The number of pyridine rings is 2. The minimum absolute atomic E-state index is 0.0884. The molecule has 0 aliphatic heterocycles. The number of hydrogen-bond acceptors (Lipinski definition) is 3. The van der Waals surface area contributed by atoms with E-state index in [1.54, 1.807) is 31.5 Å². The second-order valence-corrected chi connectivity index (χ2v) is 3.03. The second-order valence-electron chi connectivity index (χ2n) is 3.03. The lowest BCUT2D eigenvalue weighted by molar-refractivity contribution is 0.0690. The van der Waals surface area contributed by atoms with Crippen LogP contribution in [0.25, 0.3) is 10.9 Å². The molecule has 0 aliphatic carbocycles. The summed E-state index contributed by atoms with van der Waals surface area (Å²) >= 11 is 0. The summed E-state index contributed by atoms with van der Waals surface area (Å²) in [4.78, 5) is 18.7. The van der Waals surface area contributed by atoms with Crippen molar-refractivity contribution in [1.29, 1.82) is 0 Å². The first kappa shape index (κ1) is 8.62. The maximum absolute atomic E-state index is 10.8. The molecular formula is C10H8N2O2. The number of fused-ring (bicyclic) bond motifs is 1. The lowest BCUT2D eigenvalue weighted by Gasteiger charge is -2.01. The highest BCUT2D eigenvalue weighted by atomic mass is 16.4. The number of carbonyl (C=O) groups is 1. The van der Waals surface area contributed by atoms with E-state index in [9.17, 15) is 4.79 Å². The van der Waals surface area contributed by atoms with Crippen molar-refractivity contribution in [3.63, 3.8) is 0 Å². The van der Waals surface area contributed by atoms with Crippen LogP contribution < -0.4 is 0 Å². The summed E-state index contributed by atoms with van der Waals surface area (Å²) in [5, 5.41) is 9.75. The van der Waals surface area contributed by atoms with Crippen molar-refractivity contribution in [2.75, 3.05) is 0 Å². The van der Waals surface area contributed by atoms with Gasteiger partial charge in [-0.05, 0) is 24.6 Å². The van der Waals surface area contributed by atoms with Crippen LogP contribution in [-0.2, 0) is 0 Å². The Kier molecular flexibility index (Phi) is 1.89. The van der Waals surface area contributed by atoms with Crippen LogP contribution >= 0.6 is 0 Å². The number of aromatic carboxylic acids is 1. The minimum Gasteiger partial charge on any atom is -0.477 e. The Labute approximate surface area is 80.2 Å². The van der Waals surface area contributed by atoms with E-state index in [-0.39, 0.29) is 5.69 Å². The lowest BCUT2D eigenvalue weighted by Crippen LogP contribution is -2.03. The van der Waals surface area contributed by atoms with Gasteiger partial charge in [-0.1, -0.05) is 0 Å². The number of carboxylic acid groups (broad SMARTS) is 1. The van der Waals surface area contributed by atoms with E-state index in [0.29, 0.717) is 11.1 Å². The molecule has 70 valence electrons. The average molecular weight is 188 g/mol. The maximum atomic E-state index is 10.8. The predicted octanol–water partition coefficient (Wildman–Crippen LogP) is 1.64. The van der Waals surface area contributed by atoms with Crippen molar-refractivity contribution in [2.24, 2.45) is 0 Å². The maximum Gasteiger partial charge on any atom is 0.354 e. The summed E-state index contributed by atoms with van der Waals surface area (Å²) in [5.41, 5.74) is 1.36. The first-order valence-electron chi connectivity index (χ1n) is 4.13. The predicted molar refractivity (Wildman–Crippen MR) is 51.2 cm³/mol. The summed E-state index contributed by atoms with van der Waals surface area (Å²) in [6.45, 7) is 1.73. The van der Waals surface area contributed by atoms with E-state index in [1.807, 2.05) is 0 Å². The molecule has 0 aromatic carbocycles. The second kappa shape index (κ2) is 3.06. The van der Waals surface area contributed by atoms with Crippen molar-refractivity contribution in [3.8, 4) is 0 Å². The normalized spacial score (nSPS) is 10.4. The lowest BCUT2D eigenvalue weighted by atomic mass is 10.1. The van der Waals surface area contributed by atoms with Gasteiger partial charge >= 0.3 is 5.97 Å². The van der Waals surface area contributed by atoms with Gasteiger partial charge in [0.15, 0.2) is 5.69 Å². The Bertz CT molecular complexity index is 508. The summed E-state index contributed by atoms with van der Waals surface area (Å²) in [7, 11) is 0. The molecule has 0 saturated heterocycles. The van der Waals surface area contributed by atoms with Crippen molar-refractivity contribution >= 4 is 16.9 Å². The van der Waals surface area contributed by atoms with Gasteiger partial charge in [0, 0.05) is 11.6 Å². The van der Waals surface area contributed by atoms with Gasteiger partial charge in [-0.2, -0.15) is 0 Å². The number of hydrogen-bond donors (Lipinski definition) is 1. The van der Waals surface area contributed by atoms with E-state index < -0.39 is 5.97 Å². The molecule has 0 aliphatic rings. The molecule has 0 unspecified atom stereocenters. The SMILES string of the molecule is Cc1cc2ccncc2nc1C(=O)O. The van der Waals surface area contributed by atoms with Gasteiger partial charge in [0.2, 0.25) is 0 Å². The Hall–Kier alpha value is -1.97. The molecular weight excluding hydrogens is 180 g/mol. The highest BCUT2D eigenvalue weighted by molar-refractivity contribution is 5.91. The third kappa shape index (κ3) is 1.31. The fourth-order valence-electron chi connectivity index (χ4n) is 1.34. The summed E-state index contributed by atoms with van der Waals surface area (Å²) in [6.07, 6.45) is 3.21. The quantitative estimate of drug-likeness (QED) is 0.738. The van der Waals surface area contributed by atoms with Gasteiger partial charge in [0.25, 0.3) is 0 Å². The minimum atomic E-state index is -1.01. The molecule has 0 radical (unpaired) electrons. The molecule has 2 heterocycles. The number of nitrogens with zero attached hydrogens (tertiary/aromatic N) is 2. The molecule has 0 atom stereocenters. The molecule has 0 amide bonds. The van der Waals surface area contributed by atoms with Crippen LogP contribution in [-0.4, -0.2) is 21.0 Å². The zero-order valence-corrected chi connectivity index (χ0v) is 7.56. The van der Waals surface area contributed by atoms with Crippen LogP contribution in [0.4, 0.5) is 0 Å². The van der Waals surface area contributed by atoms with Gasteiger partial charge in [-0.15, -0.1) is 0 Å². The van der Waals surface area contributed by atoms with Crippen molar-refractivity contribution in [3.05, 3.63) is 35.8 Å². The highest BCUT2D eigenvalue weighted by Crippen LogP contribution is 2.14. The van der Waals surface area contributed by atoms with Crippen LogP contribution in [0.3, 0.4) is 0 Å². The molecule has 14 heavy (non-hydrogen) atoms. The Morgan fingerprint density at radius 1 is 1.50 bits per heavy atom. The van der Waals surface area contributed by atoms with Crippen molar-refractivity contribution < 1.29 is 9.90 Å². The summed E-state index contributed by atoms with van der Waals surface area (Å²) in [6, 6.07) is 3.61. The number of aromatic nitrogens is 2. The zero-order valence-electron chi connectivity index (χ0n) is 7.56. The molecule has 4 nitrogen and oxygen atoms in total. The average Bonchev–Trinajstić information content (AvgIpc) is 2.16. The van der Waals surface area contributed by atoms with Gasteiger partial charge in [-0.25, -0.2) is 9.78 Å². The molecule has 0 saturated carbocycles. The fourth-order valence-corrected chi connectivity index (χ4v) is 1.34. The molecule has 0 fully saturated rings. The van der Waals surface area contributed by atoms with Crippen LogP contribution in [0.5, 0.6) is 0 Å². The first-order chi connectivity index (χ1) is 6.68. The van der Waals surface area contributed by atoms with Gasteiger partial charge in [0.1, 0.15) is 0 Å². The Balaban J connectivity index is 2.77. The molecule has 4 heteroatoms. The largest absolute Gasteiger partial charge is 0.477 e. The van der Waals surface area contributed by atoms with Crippen LogP contribution in [0.2, 0.25) is 0 Å². The third-order valence-electron chi connectivity index (χ3n) is 2.01. The highest BCUT2D eigenvalue weighted by Gasteiger charge is 2.09. The zero-order chi connectivity index (χ0) is 10.1. The van der Waals surface area contributed by atoms with Gasteiger partial charge in [0.05, 0.1) is 11.7 Å². The van der Waals surface area contributed by atoms with E-state index in [4.69, 9.17) is 5.11 Å². The number of rotatable bonds is 1. The first-order valence-corrected chi connectivity index (χ1v) is 4.13. The topological polar surface area (TPSA) is 63.1 Å². The van der Waals surface area contributed by atoms with Gasteiger partial charge < -0.3 is 5.11 Å². The van der Waals surface area contributed by atoms with Crippen LogP contribution in [0.15, 0.2) is 24.5 Å². The Morgan fingerprint density at radius 3 is 3.00 bits per heavy atom. The van der Waals surface area contributed by atoms with Crippen molar-refractivity contribution in [2.45, 2.75) is 6.92 Å². The van der Waals surface area contributed by atoms with E-state index in [1.165, 1.54) is 0 Å². The molecule has 0 bridgehead atoms.